The molecule has 2 aromatic heterocycles. The molecule has 0 spiro atoms. The molecule has 1 N–H and O–H groups in total. The second-order valence-electron chi connectivity index (χ2n) is 4.63. The summed E-state index contributed by atoms with van der Waals surface area (Å²) < 4.78 is 1.37. The molecule has 1 aromatic carbocycles. The lowest BCUT2D eigenvalue weighted by molar-refractivity contribution is 0.605. The van der Waals surface area contributed by atoms with Gasteiger partial charge in [0, 0.05) is 17.6 Å². The van der Waals surface area contributed by atoms with E-state index in [0.717, 1.165) is 23.0 Å². The van der Waals surface area contributed by atoms with Crippen molar-refractivity contribution in [1.29, 1.82) is 0 Å². The highest BCUT2D eigenvalue weighted by atomic mass is 32.1. The van der Waals surface area contributed by atoms with Crippen molar-refractivity contribution in [2.24, 2.45) is 0 Å². The van der Waals surface area contributed by atoms with Gasteiger partial charge in [0.25, 0.3) is 5.56 Å². The third-order valence-corrected chi connectivity index (χ3v) is 3.95. The first-order chi connectivity index (χ1) is 10.3. The summed E-state index contributed by atoms with van der Waals surface area (Å²) in [6, 6.07) is 7.22. The Labute approximate surface area is 125 Å². The van der Waals surface area contributed by atoms with E-state index in [4.69, 9.17) is 0 Å². The molecule has 0 bridgehead atoms. The maximum Gasteiger partial charge on any atom is 0.277 e. The molecule has 2 heterocycles. The van der Waals surface area contributed by atoms with Crippen molar-refractivity contribution in [2.75, 3.05) is 11.9 Å². The highest BCUT2D eigenvalue weighted by Crippen LogP contribution is 2.18. The predicted molar refractivity (Wildman–Crippen MR) is 83.8 cm³/mol. The normalized spacial score (nSPS) is 10.9. The number of nitrogens with one attached hydrogen (secondary N) is 1. The van der Waals surface area contributed by atoms with E-state index in [0.29, 0.717) is 17.4 Å². The minimum Gasteiger partial charge on any atom is -0.362 e. The monoisotopic (exact) mass is 301 g/mol. The van der Waals surface area contributed by atoms with E-state index in [-0.39, 0.29) is 5.56 Å². The third kappa shape index (κ3) is 2.92. The maximum atomic E-state index is 12.3. The van der Waals surface area contributed by atoms with Gasteiger partial charge in [0.15, 0.2) is 5.13 Å². The zero-order valence-electron chi connectivity index (χ0n) is 11.6. The summed E-state index contributed by atoms with van der Waals surface area (Å²) in [5.41, 5.74) is 0.491. The first kappa shape index (κ1) is 13.7. The van der Waals surface area contributed by atoms with Crippen molar-refractivity contribution in [3.05, 3.63) is 45.7 Å². The number of hydrogen-bond donors (Lipinski definition) is 1. The van der Waals surface area contributed by atoms with Crippen LogP contribution in [0, 0.1) is 0 Å². The fraction of sp³-hybridized carbons (Fsp3) is 0.286. The van der Waals surface area contributed by atoms with Crippen LogP contribution in [0.25, 0.3) is 10.9 Å². The van der Waals surface area contributed by atoms with E-state index < -0.39 is 0 Å². The summed E-state index contributed by atoms with van der Waals surface area (Å²) >= 11 is 1.53. The van der Waals surface area contributed by atoms with Crippen LogP contribution in [0.15, 0.2) is 35.3 Å². The fourth-order valence-electron chi connectivity index (χ4n) is 1.97. The zero-order valence-corrected chi connectivity index (χ0v) is 12.4. The Morgan fingerprint density at radius 3 is 3.05 bits per heavy atom. The Morgan fingerprint density at radius 2 is 2.19 bits per heavy atom. The Morgan fingerprint density at radius 1 is 1.33 bits per heavy atom. The van der Waals surface area contributed by atoms with Gasteiger partial charge in [-0.15, -0.1) is 16.4 Å². The molecular formula is C14H15N5OS. The standard InChI is InChI=1S/C14H15N5OS/c1-2-7-15-14-16-8-10(21-14)9-19-13(20)11-5-3-4-6-12(11)17-18-19/h3-6,8H,2,7,9H2,1H3,(H,15,16). The lowest BCUT2D eigenvalue weighted by atomic mass is 10.2. The largest absolute Gasteiger partial charge is 0.362 e. The van der Waals surface area contributed by atoms with Crippen molar-refractivity contribution in [2.45, 2.75) is 19.9 Å². The van der Waals surface area contributed by atoms with Crippen LogP contribution in [-0.4, -0.2) is 26.5 Å². The molecule has 0 amide bonds. The zero-order chi connectivity index (χ0) is 14.7. The Balaban J connectivity index is 1.86. The molecule has 0 aliphatic rings. The number of benzene rings is 1. The molecule has 0 atom stereocenters. The average molecular weight is 301 g/mol. The first-order valence-corrected chi connectivity index (χ1v) is 7.60. The Kier molecular flexibility index (Phi) is 3.92. The number of thiazole rings is 1. The first-order valence-electron chi connectivity index (χ1n) is 6.79. The molecule has 3 aromatic rings. The third-order valence-electron chi connectivity index (χ3n) is 3.01. The van der Waals surface area contributed by atoms with E-state index in [1.807, 2.05) is 12.1 Å². The van der Waals surface area contributed by atoms with Crippen LogP contribution in [-0.2, 0) is 6.54 Å². The number of rotatable bonds is 5. The second-order valence-corrected chi connectivity index (χ2v) is 5.74. The lowest BCUT2D eigenvalue weighted by Gasteiger charge is -2.02. The van der Waals surface area contributed by atoms with Crippen LogP contribution >= 0.6 is 11.3 Å². The molecule has 0 fully saturated rings. The fourth-order valence-corrected chi connectivity index (χ4v) is 2.79. The maximum absolute atomic E-state index is 12.3. The van der Waals surface area contributed by atoms with Gasteiger partial charge in [0.2, 0.25) is 0 Å². The molecule has 21 heavy (non-hydrogen) atoms. The van der Waals surface area contributed by atoms with Gasteiger partial charge >= 0.3 is 0 Å². The van der Waals surface area contributed by atoms with Crippen LogP contribution in [0.5, 0.6) is 0 Å². The second kappa shape index (κ2) is 6.01. The van der Waals surface area contributed by atoms with Crippen molar-refractivity contribution < 1.29 is 0 Å². The van der Waals surface area contributed by atoms with Gasteiger partial charge in [-0.25, -0.2) is 9.67 Å². The lowest BCUT2D eigenvalue weighted by Crippen LogP contribution is -2.24. The summed E-state index contributed by atoms with van der Waals surface area (Å²) in [5.74, 6) is 0. The summed E-state index contributed by atoms with van der Waals surface area (Å²) in [4.78, 5) is 17.6. The van der Waals surface area contributed by atoms with Gasteiger partial charge in [-0.05, 0) is 18.6 Å². The van der Waals surface area contributed by atoms with Crippen LogP contribution in [0.4, 0.5) is 5.13 Å². The summed E-state index contributed by atoms with van der Waals surface area (Å²) in [7, 11) is 0. The van der Waals surface area contributed by atoms with Gasteiger partial charge in [-0.2, -0.15) is 0 Å². The number of anilines is 1. The van der Waals surface area contributed by atoms with Gasteiger partial charge in [0.1, 0.15) is 5.52 Å². The number of nitrogens with zero attached hydrogens (tertiary/aromatic N) is 4. The predicted octanol–water partition coefficient (Wildman–Crippen LogP) is 2.12. The highest BCUT2D eigenvalue weighted by Gasteiger charge is 2.08. The Hall–Kier alpha value is -2.28. The summed E-state index contributed by atoms with van der Waals surface area (Å²) in [6.07, 6.45) is 2.82. The van der Waals surface area contributed by atoms with E-state index in [1.54, 1.807) is 18.3 Å². The molecule has 0 saturated heterocycles. The molecular weight excluding hydrogens is 286 g/mol. The van der Waals surface area contributed by atoms with Crippen LogP contribution < -0.4 is 10.9 Å². The van der Waals surface area contributed by atoms with Gasteiger partial charge in [0.05, 0.1) is 11.9 Å². The van der Waals surface area contributed by atoms with Crippen LogP contribution in [0.2, 0.25) is 0 Å². The molecule has 108 valence electrons. The van der Waals surface area contributed by atoms with Crippen LogP contribution in [0.3, 0.4) is 0 Å². The molecule has 0 aliphatic carbocycles. The molecule has 6 nitrogen and oxygen atoms in total. The average Bonchev–Trinajstić information content (AvgIpc) is 2.96. The number of fused-ring (bicyclic) bond motifs is 1. The van der Waals surface area contributed by atoms with E-state index in [9.17, 15) is 4.79 Å². The highest BCUT2D eigenvalue weighted by molar-refractivity contribution is 7.15. The smallest absolute Gasteiger partial charge is 0.277 e. The van der Waals surface area contributed by atoms with Crippen molar-refractivity contribution in [3.8, 4) is 0 Å². The minimum absolute atomic E-state index is 0.128. The topological polar surface area (TPSA) is 72.7 Å². The number of hydrogen-bond acceptors (Lipinski definition) is 6. The summed E-state index contributed by atoms with van der Waals surface area (Å²) in [6.45, 7) is 3.39. The van der Waals surface area contributed by atoms with Crippen molar-refractivity contribution in [1.82, 2.24) is 20.0 Å². The molecule has 3 rings (SSSR count). The Bertz CT molecular complexity index is 810. The van der Waals surface area contributed by atoms with Gasteiger partial charge < -0.3 is 5.32 Å². The number of aromatic nitrogens is 4. The molecule has 0 radical (unpaired) electrons. The van der Waals surface area contributed by atoms with Crippen LogP contribution in [0.1, 0.15) is 18.2 Å². The SMILES string of the molecule is CCCNc1ncc(Cn2nnc3ccccc3c2=O)s1. The molecule has 0 unspecified atom stereocenters. The quantitative estimate of drug-likeness (QED) is 0.781. The van der Waals surface area contributed by atoms with E-state index in [2.05, 4.69) is 27.5 Å². The van der Waals surface area contributed by atoms with Gasteiger partial charge in [-0.3, -0.25) is 4.79 Å². The van der Waals surface area contributed by atoms with E-state index in [1.165, 1.54) is 16.0 Å². The van der Waals surface area contributed by atoms with E-state index >= 15 is 0 Å². The minimum atomic E-state index is -0.128. The molecule has 7 heteroatoms. The summed E-state index contributed by atoms with van der Waals surface area (Å²) in [5, 5.41) is 12.7. The molecule has 0 aliphatic heterocycles. The van der Waals surface area contributed by atoms with Crippen molar-refractivity contribution in [3.63, 3.8) is 0 Å². The molecule has 0 saturated carbocycles. The van der Waals surface area contributed by atoms with Crippen molar-refractivity contribution >= 4 is 27.4 Å². The van der Waals surface area contributed by atoms with Gasteiger partial charge in [-0.1, -0.05) is 24.3 Å².